The van der Waals surface area contributed by atoms with Gasteiger partial charge >= 0.3 is 0 Å². The summed E-state index contributed by atoms with van der Waals surface area (Å²) in [6.45, 7) is 3.67. The van der Waals surface area contributed by atoms with Gasteiger partial charge in [0.25, 0.3) is 11.1 Å². The Hall–Kier alpha value is -4.11. The molecule has 0 saturated heterocycles. The summed E-state index contributed by atoms with van der Waals surface area (Å²) in [6.07, 6.45) is 14.1. The molecule has 0 N–H and O–H groups in total. The van der Waals surface area contributed by atoms with Gasteiger partial charge < -0.3 is 4.90 Å². The second-order valence-corrected chi connectivity index (χ2v) is 10.5. The summed E-state index contributed by atoms with van der Waals surface area (Å²) in [5.74, 6) is 0. The Kier molecular flexibility index (Phi) is 7.46. The van der Waals surface area contributed by atoms with Crippen molar-refractivity contribution in [2.24, 2.45) is 0 Å². The monoisotopic (exact) mass is 526 g/mol. The van der Waals surface area contributed by atoms with Crippen molar-refractivity contribution in [2.45, 2.75) is 38.1 Å². The maximum atomic E-state index is 13.0. The zero-order valence-corrected chi connectivity index (χ0v) is 22.4. The van der Waals surface area contributed by atoms with Crippen LogP contribution in [0.1, 0.15) is 43.7 Å². The Bertz CT molecular complexity index is 1690. The molecule has 4 heterocycles. The van der Waals surface area contributed by atoms with Crippen LogP contribution < -0.4 is 16.0 Å². The largest absolute Gasteiger partial charge is 0.377 e. The van der Waals surface area contributed by atoms with Crippen molar-refractivity contribution >= 4 is 43.5 Å². The molecule has 194 valence electrons. The quantitative estimate of drug-likeness (QED) is 0.309. The highest BCUT2D eigenvalue weighted by Crippen LogP contribution is 2.36. The summed E-state index contributed by atoms with van der Waals surface area (Å²) < 4.78 is 4.08. The van der Waals surface area contributed by atoms with Crippen LogP contribution in [0.5, 0.6) is 0 Å². The fourth-order valence-electron chi connectivity index (χ4n) is 4.86. The van der Waals surface area contributed by atoms with E-state index >= 15 is 0 Å². The molecule has 38 heavy (non-hydrogen) atoms. The molecule has 1 saturated carbocycles. The minimum atomic E-state index is -0.0867. The smallest absolute Gasteiger partial charge is 0.271 e. The van der Waals surface area contributed by atoms with Crippen LogP contribution >= 0.6 is 11.3 Å². The molecule has 0 aliphatic heterocycles. The molecule has 0 radical (unpaired) electrons. The number of rotatable bonds is 4. The standard InChI is InChI=1S/C17H20N4OS.C12H10N2O/c1-20(2)12-8-9-18-16-13(12)14-15(23-16)17(22)21(10-19-14)11-6-4-3-5-7-11;1-2-10-3-5-11(6-4-10)14-9-13-8-7-12(14)15/h8-11H,3-7H2,1-2H3;2-9H,1H2. The molecule has 6 rings (SSSR count). The number of hydrogen-bond donors (Lipinski definition) is 0. The number of aromatic nitrogens is 5. The summed E-state index contributed by atoms with van der Waals surface area (Å²) in [7, 11) is 4.00. The molecule has 0 unspecified atom stereocenters. The van der Waals surface area contributed by atoms with Gasteiger partial charge in [0.2, 0.25) is 0 Å². The van der Waals surface area contributed by atoms with Crippen LogP contribution in [0.2, 0.25) is 0 Å². The molecule has 0 amide bonds. The second-order valence-electron chi connectivity index (χ2n) is 9.52. The molecule has 1 aliphatic rings. The van der Waals surface area contributed by atoms with Crippen molar-refractivity contribution in [3.8, 4) is 5.69 Å². The predicted octanol–water partition coefficient (Wildman–Crippen LogP) is 5.45. The van der Waals surface area contributed by atoms with Crippen molar-refractivity contribution in [2.75, 3.05) is 19.0 Å². The van der Waals surface area contributed by atoms with E-state index in [1.807, 2.05) is 53.9 Å². The maximum Gasteiger partial charge on any atom is 0.271 e. The number of thiophene rings is 1. The van der Waals surface area contributed by atoms with Crippen LogP contribution in [0, 0.1) is 0 Å². The molecular formula is C29H30N6O2S. The predicted molar refractivity (Wildman–Crippen MR) is 156 cm³/mol. The Morgan fingerprint density at radius 3 is 2.42 bits per heavy atom. The van der Waals surface area contributed by atoms with Crippen LogP contribution in [-0.2, 0) is 0 Å². The van der Waals surface area contributed by atoms with Crippen molar-refractivity contribution in [3.05, 3.63) is 94.3 Å². The molecular weight excluding hydrogens is 496 g/mol. The molecule has 1 aliphatic carbocycles. The summed E-state index contributed by atoms with van der Waals surface area (Å²) in [5, 5.41) is 0.991. The van der Waals surface area contributed by atoms with Gasteiger partial charge in [-0.15, -0.1) is 11.3 Å². The highest BCUT2D eigenvalue weighted by atomic mass is 32.1. The first-order valence-electron chi connectivity index (χ1n) is 12.7. The van der Waals surface area contributed by atoms with Gasteiger partial charge in [0.15, 0.2) is 0 Å². The van der Waals surface area contributed by atoms with Gasteiger partial charge in [-0.25, -0.2) is 15.0 Å². The maximum absolute atomic E-state index is 13.0. The van der Waals surface area contributed by atoms with E-state index in [1.54, 1.807) is 18.6 Å². The topological polar surface area (TPSA) is 85.9 Å². The van der Waals surface area contributed by atoms with E-state index in [4.69, 9.17) is 0 Å². The lowest BCUT2D eigenvalue weighted by Gasteiger charge is -2.23. The summed E-state index contributed by atoms with van der Waals surface area (Å²) in [6, 6.07) is 11.2. The van der Waals surface area contributed by atoms with Gasteiger partial charge in [0, 0.05) is 38.6 Å². The van der Waals surface area contributed by atoms with Gasteiger partial charge in [-0.05, 0) is 36.6 Å². The highest BCUT2D eigenvalue weighted by Gasteiger charge is 2.21. The molecule has 9 heteroatoms. The van der Waals surface area contributed by atoms with E-state index in [0.717, 1.165) is 50.2 Å². The normalized spacial score (nSPS) is 13.7. The van der Waals surface area contributed by atoms with E-state index in [0.29, 0.717) is 6.04 Å². The summed E-state index contributed by atoms with van der Waals surface area (Å²) in [4.78, 5) is 40.4. The number of pyridine rings is 1. The lowest BCUT2D eigenvalue weighted by molar-refractivity contribution is 0.345. The van der Waals surface area contributed by atoms with Gasteiger partial charge in [-0.2, -0.15) is 0 Å². The zero-order chi connectivity index (χ0) is 26.6. The highest BCUT2D eigenvalue weighted by molar-refractivity contribution is 7.25. The first-order valence-corrected chi connectivity index (χ1v) is 13.5. The fraction of sp³-hybridized carbons (Fsp3) is 0.276. The Balaban J connectivity index is 0.000000170. The lowest BCUT2D eigenvalue weighted by Crippen LogP contribution is -2.26. The van der Waals surface area contributed by atoms with Gasteiger partial charge in [0.05, 0.1) is 28.6 Å². The zero-order valence-electron chi connectivity index (χ0n) is 21.6. The van der Waals surface area contributed by atoms with Crippen LogP contribution in [-0.4, -0.2) is 38.2 Å². The number of hydrogen-bond acceptors (Lipinski definition) is 7. The number of nitrogens with zero attached hydrogens (tertiary/aromatic N) is 6. The molecule has 0 atom stereocenters. The van der Waals surface area contributed by atoms with E-state index in [1.165, 1.54) is 53.8 Å². The fourth-order valence-corrected chi connectivity index (χ4v) is 5.91. The van der Waals surface area contributed by atoms with E-state index in [9.17, 15) is 9.59 Å². The molecule has 8 nitrogen and oxygen atoms in total. The van der Waals surface area contributed by atoms with Crippen LogP contribution in [0.4, 0.5) is 5.69 Å². The number of benzene rings is 1. The van der Waals surface area contributed by atoms with Gasteiger partial charge in [-0.1, -0.05) is 44.1 Å². The van der Waals surface area contributed by atoms with Crippen LogP contribution in [0.25, 0.3) is 32.2 Å². The molecule has 1 aromatic carbocycles. The third kappa shape index (κ3) is 5.02. The third-order valence-electron chi connectivity index (χ3n) is 6.86. The van der Waals surface area contributed by atoms with Crippen LogP contribution in [0.15, 0.2) is 77.6 Å². The SMILES string of the molecule is C=Cc1ccc(-n2cnccc2=O)cc1.CN(C)c1ccnc2sc3c(=O)n(C4CCCCC4)cnc3c12. The van der Waals surface area contributed by atoms with Crippen molar-refractivity contribution < 1.29 is 0 Å². The number of fused-ring (bicyclic) bond motifs is 3. The molecule has 5 aromatic rings. The van der Waals surface area contributed by atoms with Gasteiger partial charge in [0.1, 0.15) is 15.9 Å². The Morgan fingerprint density at radius 2 is 1.74 bits per heavy atom. The van der Waals surface area contributed by atoms with E-state index in [-0.39, 0.29) is 11.1 Å². The molecule has 0 bridgehead atoms. The molecule has 0 spiro atoms. The van der Waals surface area contributed by atoms with Crippen LogP contribution in [0.3, 0.4) is 0 Å². The minimum Gasteiger partial charge on any atom is -0.377 e. The molecule has 1 fully saturated rings. The first kappa shape index (κ1) is 25.5. The first-order chi connectivity index (χ1) is 18.5. The van der Waals surface area contributed by atoms with E-state index in [2.05, 4.69) is 21.5 Å². The Morgan fingerprint density at radius 1 is 0.974 bits per heavy atom. The van der Waals surface area contributed by atoms with E-state index < -0.39 is 0 Å². The minimum absolute atomic E-state index is 0.0867. The molecule has 4 aromatic heterocycles. The average molecular weight is 527 g/mol. The Labute approximate surface area is 224 Å². The van der Waals surface area contributed by atoms with Crippen molar-refractivity contribution in [1.82, 2.24) is 24.1 Å². The van der Waals surface area contributed by atoms with Crippen molar-refractivity contribution in [1.29, 1.82) is 0 Å². The lowest BCUT2D eigenvalue weighted by atomic mass is 9.95. The second kappa shape index (κ2) is 11.1. The third-order valence-corrected chi connectivity index (χ3v) is 7.94. The van der Waals surface area contributed by atoms with Gasteiger partial charge in [-0.3, -0.25) is 18.7 Å². The van der Waals surface area contributed by atoms with Crippen molar-refractivity contribution in [3.63, 3.8) is 0 Å². The summed E-state index contributed by atoms with van der Waals surface area (Å²) in [5.41, 5.74) is 3.68. The number of anilines is 1. The summed E-state index contributed by atoms with van der Waals surface area (Å²) >= 11 is 1.46. The average Bonchev–Trinajstić information content (AvgIpc) is 3.34.